The van der Waals surface area contributed by atoms with Crippen LogP contribution in [-0.2, 0) is 4.79 Å². The molecular weight excluding hydrogens is 166 g/mol. The first kappa shape index (κ1) is 10.5. The van der Waals surface area contributed by atoms with Gasteiger partial charge in [-0.05, 0) is 10.8 Å². The summed E-state index contributed by atoms with van der Waals surface area (Å²) in [5.41, 5.74) is 0.594. The Kier molecular flexibility index (Phi) is 2.41. The molecule has 2 N–H and O–H groups in total. The lowest BCUT2D eigenvalue weighted by Crippen LogP contribution is -2.25. The Morgan fingerprint density at radius 1 is 1.31 bits per heavy atom. The minimum atomic E-state index is -0.733. The maximum absolute atomic E-state index is 10.3. The highest BCUT2D eigenvalue weighted by Gasteiger charge is 2.64. The lowest BCUT2D eigenvalue weighted by atomic mass is 10.0. The summed E-state index contributed by atoms with van der Waals surface area (Å²) in [4.78, 5) is 10.3. The predicted molar refractivity (Wildman–Crippen MR) is 51.6 cm³/mol. The third-order valence-electron chi connectivity index (χ3n) is 3.71. The van der Waals surface area contributed by atoms with Gasteiger partial charge < -0.3 is 10.4 Å². The van der Waals surface area contributed by atoms with Crippen molar-refractivity contribution in [1.82, 2.24) is 5.32 Å². The zero-order chi connectivity index (χ0) is 10.3. The van der Waals surface area contributed by atoms with Crippen LogP contribution in [0.15, 0.2) is 0 Å². The van der Waals surface area contributed by atoms with Crippen molar-refractivity contribution in [2.24, 2.45) is 10.8 Å². The number of hydrogen-bond donors (Lipinski definition) is 2. The van der Waals surface area contributed by atoms with E-state index in [1.165, 1.54) is 0 Å². The van der Waals surface area contributed by atoms with Crippen LogP contribution in [-0.4, -0.2) is 23.7 Å². The molecule has 1 rings (SSSR count). The molecule has 0 aromatic rings. The quantitative estimate of drug-likeness (QED) is 0.697. The Bertz CT molecular complexity index is 207. The van der Waals surface area contributed by atoms with Gasteiger partial charge in [0.05, 0.1) is 6.42 Å². The van der Waals surface area contributed by atoms with Gasteiger partial charge in [0.1, 0.15) is 0 Å². The molecule has 1 aliphatic carbocycles. The molecular formula is C10H19NO2. The lowest BCUT2D eigenvalue weighted by Gasteiger charge is -2.03. The third-order valence-corrected chi connectivity index (χ3v) is 3.71. The largest absolute Gasteiger partial charge is 0.481 e. The first-order valence-electron chi connectivity index (χ1n) is 4.75. The number of carboxylic acid groups (broad SMARTS) is 1. The summed E-state index contributed by atoms with van der Waals surface area (Å²) in [7, 11) is 0. The highest BCUT2D eigenvalue weighted by molar-refractivity contribution is 5.66. The van der Waals surface area contributed by atoms with E-state index in [4.69, 9.17) is 5.11 Å². The second-order valence-electron chi connectivity index (χ2n) is 4.97. The summed E-state index contributed by atoms with van der Waals surface area (Å²) in [6, 6.07) is 0.458. The molecule has 0 amide bonds. The van der Waals surface area contributed by atoms with E-state index in [2.05, 4.69) is 33.0 Å². The van der Waals surface area contributed by atoms with Crippen LogP contribution in [0, 0.1) is 10.8 Å². The van der Waals surface area contributed by atoms with Gasteiger partial charge in [-0.2, -0.15) is 0 Å². The Balaban J connectivity index is 2.30. The van der Waals surface area contributed by atoms with Crippen LogP contribution in [0.3, 0.4) is 0 Å². The molecule has 1 aliphatic rings. The molecule has 0 saturated heterocycles. The third kappa shape index (κ3) is 1.70. The molecule has 0 bridgehead atoms. The smallest absolute Gasteiger partial charge is 0.304 e. The molecule has 0 unspecified atom stereocenters. The van der Waals surface area contributed by atoms with Crippen molar-refractivity contribution in [1.29, 1.82) is 0 Å². The number of rotatable bonds is 4. The molecule has 76 valence electrons. The fourth-order valence-electron chi connectivity index (χ4n) is 2.03. The van der Waals surface area contributed by atoms with Crippen molar-refractivity contribution in [3.05, 3.63) is 0 Å². The van der Waals surface area contributed by atoms with Crippen LogP contribution >= 0.6 is 0 Å². The van der Waals surface area contributed by atoms with Crippen molar-refractivity contribution in [2.75, 3.05) is 6.54 Å². The number of carboxylic acids is 1. The minimum absolute atomic E-state index is 0.211. The van der Waals surface area contributed by atoms with Crippen molar-refractivity contribution >= 4 is 5.97 Å². The number of aliphatic carboxylic acids is 1. The Labute approximate surface area is 79.5 Å². The molecule has 0 aromatic heterocycles. The van der Waals surface area contributed by atoms with Crippen molar-refractivity contribution in [3.63, 3.8) is 0 Å². The van der Waals surface area contributed by atoms with Gasteiger partial charge in [0.2, 0.25) is 0 Å². The maximum Gasteiger partial charge on any atom is 0.304 e. The fraction of sp³-hybridized carbons (Fsp3) is 0.900. The van der Waals surface area contributed by atoms with E-state index < -0.39 is 5.97 Å². The van der Waals surface area contributed by atoms with E-state index in [9.17, 15) is 4.79 Å². The van der Waals surface area contributed by atoms with Crippen molar-refractivity contribution in [3.8, 4) is 0 Å². The lowest BCUT2D eigenvalue weighted by molar-refractivity contribution is -0.136. The molecule has 0 aliphatic heterocycles. The zero-order valence-electron chi connectivity index (χ0n) is 8.85. The molecule has 3 heteroatoms. The Morgan fingerprint density at radius 2 is 1.77 bits per heavy atom. The van der Waals surface area contributed by atoms with E-state index in [1.807, 2.05) is 0 Å². The topological polar surface area (TPSA) is 49.3 Å². The van der Waals surface area contributed by atoms with Crippen molar-refractivity contribution < 1.29 is 9.90 Å². The van der Waals surface area contributed by atoms with E-state index in [1.54, 1.807) is 0 Å². The van der Waals surface area contributed by atoms with Gasteiger partial charge in [-0.3, -0.25) is 4.79 Å². The van der Waals surface area contributed by atoms with Gasteiger partial charge in [-0.15, -0.1) is 0 Å². The average molecular weight is 185 g/mol. The molecule has 1 saturated carbocycles. The molecule has 0 atom stereocenters. The number of hydrogen-bond acceptors (Lipinski definition) is 2. The maximum atomic E-state index is 10.3. The van der Waals surface area contributed by atoms with E-state index in [-0.39, 0.29) is 6.42 Å². The molecule has 0 spiro atoms. The van der Waals surface area contributed by atoms with Crippen LogP contribution in [0.4, 0.5) is 0 Å². The van der Waals surface area contributed by atoms with Crippen LogP contribution in [0.25, 0.3) is 0 Å². The summed E-state index contributed by atoms with van der Waals surface area (Å²) >= 11 is 0. The van der Waals surface area contributed by atoms with Gasteiger partial charge in [-0.25, -0.2) is 0 Å². The van der Waals surface area contributed by atoms with E-state index >= 15 is 0 Å². The summed E-state index contributed by atoms with van der Waals surface area (Å²) in [5, 5.41) is 11.8. The molecule has 0 radical (unpaired) electrons. The van der Waals surface area contributed by atoms with Gasteiger partial charge in [0.25, 0.3) is 0 Å². The van der Waals surface area contributed by atoms with Gasteiger partial charge in [0.15, 0.2) is 0 Å². The molecule has 0 heterocycles. The zero-order valence-corrected chi connectivity index (χ0v) is 8.85. The first-order chi connectivity index (χ1) is 5.80. The predicted octanol–water partition coefficient (Wildman–Crippen LogP) is 1.49. The van der Waals surface area contributed by atoms with Crippen LogP contribution in [0.1, 0.15) is 34.1 Å². The summed E-state index contributed by atoms with van der Waals surface area (Å²) in [6.45, 7) is 9.43. The first-order valence-corrected chi connectivity index (χ1v) is 4.75. The van der Waals surface area contributed by atoms with E-state index in [0.29, 0.717) is 23.4 Å². The second kappa shape index (κ2) is 2.98. The SMILES string of the molecule is CC1(C)C(NCCC(=O)O)C1(C)C. The molecule has 0 aromatic carbocycles. The van der Waals surface area contributed by atoms with Gasteiger partial charge >= 0.3 is 5.97 Å². The Morgan fingerprint density at radius 3 is 2.08 bits per heavy atom. The molecule has 13 heavy (non-hydrogen) atoms. The second-order valence-corrected chi connectivity index (χ2v) is 4.97. The monoisotopic (exact) mass is 185 g/mol. The van der Waals surface area contributed by atoms with E-state index in [0.717, 1.165) is 0 Å². The number of nitrogens with one attached hydrogen (secondary N) is 1. The Hall–Kier alpha value is -0.570. The summed E-state index contributed by atoms with van der Waals surface area (Å²) in [6.07, 6.45) is 0.211. The minimum Gasteiger partial charge on any atom is -0.481 e. The van der Waals surface area contributed by atoms with Gasteiger partial charge in [0, 0.05) is 12.6 Å². The standard InChI is InChI=1S/C10H19NO2/c1-9(2)8(10(9,3)4)11-6-5-7(12)13/h8,11H,5-6H2,1-4H3,(H,12,13). The number of carbonyl (C=O) groups is 1. The average Bonchev–Trinajstić information content (AvgIpc) is 2.30. The summed E-state index contributed by atoms with van der Waals surface area (Å²) in [5.74, 6) is -0.733. The van der Waals surface area contributed by atoms with Crippen LogP contribution in [0.5, 0.6) is 0 Å². The highest BCUT2D eigenvalue weighted by atomic mass is 16.4. The molecule has 3 nitrogen and oxygen atoms in total. The van der Waals surface area contributed by atoms with Crippen molar-refractivity contribution in [2.45, 2.75) is 40.2 Å². The highest BCUT2D eigenvalue weighted by Crippen LogP contribution is 2.62. The fourth-order valence-corrected chi connectivity index (χ4v) is 2.03. The van der Waals surface area contributed by atoms with Crippen LogP contribution in [0.2, 0.25) is 0 Å². The van der Waals surface area contributed by atoms with Crippen LogP contribution < -0.4 is 5.32 Å². The summed E-state index contributed by atoms with van der Waals surface area (Å²) < 4.78 is 0. The molecule has 1 fully saturated rings. The normalized spacial score (nSPS) is 24.3. The van der Waals surface area contributed by atoms with Gasteiger partial charge in [-0.1, -0.05) is 27.7 Å².